The number of rotatable bonds is 5. The summed E-state index contributed by atoms with van der Waals surface area (Å²) in [5, 5.41) is 1.56. The number of amides is 1. The first-order valence-corrected chi connectivity index (χ1v) is 4.39. The molecule has 0 fully saturated rings. The SMILES string of the molecule is C=CCC[C@H](NC(=O)C(F)(F)F)C(=O)OC. The fraction of sp³-hybridized carbons (Fsp3) is 0.556. The number of methoxy groups -OCH3 is 1. The van der Waals surface area contributed by atoms with E-state index < -0.39 is 24.1 Å². The molecule has 16 heavy (non-hydrogen) atoms. The molecule has 0 spiro atoms. The molecule has 0 aliphatic carbocycles. The smallest absolute Gasteiger partial charge is 0.467 e. The average molecular weight is 239 g/mol. The van der Waals surface area contributed by atoms with Crippen molar-refractivity contribution >= 4 is 11.9 Å². The lowest BCUT2D eigenvalue weighted by molar-refractivity contribution is -0.175. The highest BCUT2D eigenvalue weighted by molar-refractivity contribution is 5.87. The standard InChI is InChI=1S/C9H12F3NO3/c1-3-4-5-6(7(14)16-2)13-8(15)9(10,11)12/h3,6H,1,4-5H2,2H3,(H,13,15)/t6-/m0/s1. The fourth-order valence-electron chi connectivity index (χ4n) is 0.916. The van der Waals surface area contributed by atoms with Gasteiger partial charge < -0.3 is 10.1 Å². The number of hydrogen-bond donors (Lipinski definition) is 1. The number of carbonyl (C=O) groups is 2. The van der Waals surface area contributed by atoms with Gasteiger partial charge in [-0.15, -0.1) is 6.58 Å². The molecule has 0 aliphatic rings. The molecule has 0 saturated carbocycles. The van der Waals surface area contributed by atoms with Crippen LogP contribution in [0.15, 0.2) is 12.7 Å². The predicted octanol–water partition coefficient (Wildman–Crippen LogP) is 1.17. The molecular formula is C9H12F3NO3. The van der Waals surface area contributed by atoms with Crippen LogP contribution in [0.4, 0.5) is 13.2 Å². The maximum atomic E-state index is 11.9. The Kier molecular flexibility index (Phi) is 5.55. The molecule has 92 valence electrons. The van der Waals surface area contributed by atoms with E-state index in [1.54, 1.807) is 5.32 Å². The van der Waals surface area contributed by atoms with Crippen LogP contribution in [0, 0.1) is 0 Å². The highest BCUT2D eigenvalue weighted by Gasteiger charge is 2.40. The van der Waals surface area contributed by atoms with Gasteiger partial charge in [0.05, 0.1) is 7.11 Å². The Morgan fingerprint density at radius 1 is 1.50 bits per heavy atom. The highest BCUT2D eigenvalue weighted by Crippen LogP contribution is 2.15. The summed E-state index contributed by atoms with van der Waals surface area (Å²) in [5.74, 6) is -3.08. The Balaban J connectivity index is 4.48. The Morgan fingerprint density at radius 3 is 2.44 bits per heavy atom. The van der Waals surface area contributed by atoms with Crippen molar-refractivity contribution in [1.82, 2.24) is 5.32 Å². The first-order chi connectivity index (χ1) is 7.32. The van der Waals surface area contributed by atoms with Crippen LogP contribution in [0.2, 0.25) is 0 Å². The first-order valence-electron chi connectivity index (χ1n) is 4.39. The number of hydrogen-bond acceptors (Lipinski definition) is 3. The maximum Gasteiger partial charge on any atom is 0.471 e. The van der Waals surface area contributed by atoms with E-state index in [2.05, 4.69) is 11.3 Å². The molecule has 0 aromatic heterocycles. The molecule has 0 rings (SSSR count). The molecule has 1 N–H and O–H groups in total. The molecule has 0 heterocycles. The topological polar surface area (TPSA) is 55.4 Å². The van der Waals surface area contributed by atoms with Crippen molar-refractivity contribution < 1.29 is 27.5 Å². The van der Waals surface area contributed by atoms with Crippen molar-refractivity contribution in [1.29, 1.82) is 0 Å². The summed E-state index contributed by atoms with van der Waals surface area (Å²) in [6.07, 6.45) is -3.29. The van der Waals surface area contributed by atoms with E-state index in [1.165, 1.54) is 6.08 Å². The van der Waals surface area contributed by atoms with Gasteiger partial charge in [-0.05, 0) is 12.8 Å². The van der Waals surface area contributed by atoms with E-state index in [-0.39, 0.29) is 12.8 Å². The zero-order valence-electron chi connectivity index (χ0n) is 8.63. The fourth-order valence-corrected chi connectivity index (χ4v) is 0.916. The second kappa shape index (κ2) is 6.14. The Hall–Kier alpha value is -1.53. The van der Waals surface area contributed by atoms with Gasteiger partial charge in [0.25, 0.3) is 0 Å². The van der Waals surface area contributed by atoms with Gasteiger partial charge in [0.2, 0.25) is 0 Å². The molecule has 4 nitrogen and oxygen atoms in total. The van der Waals surface area contributed by atoms with Crippen molar-refractivity contribution in [3.63, 3.8) is 0 Å². The van der Waals surface area contributed by atoms with Gasteiger partial charge in [0, 0.05) is 0 Å². The lowest BCUT2D eigenvalue weighted by Gasteiger charge is -2.16. The number of nitrogens with one attached hydrogen (secondary N) is 1. The molecule has 0 radical (unpaired) electrons. The summed E-state index contributed by atoms with van der Waals surface area (Å²) >= 11 is 0. The van der Waals surface area contributed by atoms with Crippen molar-refractivity contribution in [3.05, 3.63) is 12.7 Å². The maximum absolute atomic E-state index is 11.9. The molecule has 0 bridgehead atoms. The van der Waals surface area contributed by atoms with Crippen molar-refractivity contribution in [3.8, 4) is 0 Å². The van der Waals surface area contributed by atoms with Crippen LogP contribution < -0.4 is 5.32 Å². The summed E-state index contributed by atoms with van der Waals surface area (Å²) in [7, 11) is 1.03. The lowest BCUT2D eigenvalue weighted by Crippen LogP contribution is -2.47. The molecule has 0 aromatic carbocycles. The Morgan fingerprint density at radius 2 is 2.06 bits per heavy atom. The van der Waals surface area contributed by atoms with Gasteiger partial charge in [-0.1, -0.05) is 6.08 Å². The summed E-state index contributed by atoms with van der Waals surface area (Å²) in [6.45, 7) is 3.36. The largest absolute Gasteiger partial charge is 0.471 e. The van der Waals surface area contributed by atoms with E-state index in [0.29, 0.717) is 0 Å². The molecular weight excluding hydrogens is 227 g/mol. The zero-order valence-corrected chi connectivity index (χ0v) is 8.63. The molecule has 1 amide bonds. The van der Waals surface area contributed by atoms with Gasteiger partial charge >= 0.3 is 18.1 Å². The van der Waals surface area contributed by atoms with Gasteiger partial charge in [0.15, 0.2) is 0 Å². The quantitative estimate of drug-likeness (QED) is 0.578. The molecule has 0 saturated heterocycles. The van der Waals surface area contributed by atoms with Gasteiger partial charge in [0.1, 0.15) is 6.04 Å². The Bertz CT molecular complexity index is 276. The predicted molar refractivity (Wildman–Crippen MR) is 49.4 cm³/mol. The number of carbonyl (C=O) groups excluding carboxylic acids is 2. The average Bonchev–Trinajstić information content (AvgIpc) is 2.21. The van der Waals surface area contributed by atoms with Crippen LogP contribution in [0.3, 0.4) is 0 Å². The van der Waals surface area contributed by atoms with Gasteiger partial charge in [-0.3, -0.25) is 4.79 Å². The third-order valence-corrected chi connectivity index (χ3v) is 1.71. The molecule has 0 aromatic rings. The van der Waals surface area contributed by atoms with E-state index in [4.69, 9.17) is 0 Å². The molecule has 0 unspecified atom stereocenters. The summed E-state index contributed by atoms with van der Waals surface area (Å²) in [5.41, 5.74) is 0. The number of allylic oxidation sites excluding steroid dienone is 1. The van der Waals surface area contributed by atoms with E-state index >= 15 is 0 Å². The molecule has 0 aliphatic heterocycles. The molecule has 1 atom stereocenters. The van der Waals surface area contributed by atoms with Crippen LogP contribution in [0.5, 0.6) is 0 Å². The summed E-state index contributed by atoms with van der Waals surface area (Å²) < 4.78 is 40.0. The Labute approximate surface area is 90.5 Å². The minimum atomic E-state index is -5.01. The number of esters is 1. The monoisotopic (exact) mass is 239 g/mol. The summed E-state index contributed by atoms with van der Waals surface area (Å²) in [4.78, 5) is 21.6. The second-order valence-corrected chi connectivity index (χ2v) is 2.91. The van der Waals surface area contributed by atoms with Crippen molar-refractivity contribution in [2.75, 3.05) is 7.11 Å². The van der Waals surface area contributed by atoms with Crippen LogP contribution in [-0.4, -0.2) is 31.2 Å². The van der Waals surface area contributed by atoms with Crippen molar-refractivity contribution in [2.45, 2.75) is 25.1 Å². The van der Waals surface area contributed by atoms with Crippen LogP contribution >= 0.6 is 0 Å². The normalized spacial score (nSPS) is 12.8. The number of ether oxygens (including phenoxy) is 1. The van der Waals surface area contributed by atoms with Gasteiger partial charge in [-0.25, -0.2) is 4.79 Å². The van der Waals surface area contributed by atoms with Crippen LogP contribution in [0.25, 0.3) is 0 Å². The second-order valence-electron chi connectivity index (χ2n) is 2.91. The van der Waals surface area contributed by atoms with Gasteiger partial charge in [-0.2, -0.15) is 13.2 Å². The van der Waals surface area contributed by atoms with E-state index in [1.807, 2.05) is 0 Å². The highest BCUT2D eigenvalue weighted by atomic mass is 19.4. The van der Waals surface area contributed by atoms with Crippen molar-refractivity contribution in [2.24, 2.45) is 0 Å². The third-order valence-electron chi connectivity index (χ3n) is 1.71. The zero-order chi connectivity index (χ0) is 12.8. The first kappa shape index (κ1) is 14.5. The minimum Gasteiger partial charge on any atom is -0.467 e. The third kappa shape index (κ3) is 4.81. The van der Waals surface area contributed by atoms with Crippen LogP contribution in [0.1, 0.15) is 12.8 Å². The summed E-state index contributed by atoms with van der Waals surface area (Å²) in [6, 6.07) is -1.31. The lowest BCUT2D eigenvalue weighted by atomic mass is 10.1. The van der Waals surface area contributed by atoms with E-state index in [9.17, 15) is 22.8 Å². The number of alkyl halides is 3. The van der Waals surface area contributed by atoms with E-state index in [0.717, 1.165) is 7.11 Å². The minimum absolute atomic E-state index is 0.0119. The number of halogens is 3. The molecule has 7 heteroatoms. The van der Waals surface area contributed by atoms with Crippen LogP contribution in [-0.2, 0) is 14.3 Å².